The lowest BCUT2D eigenvalue weighted by molar-refractivity contribution is -0.121. The smallest absolute Gasteiger partial charge is 0.220 e. The molecule has 0 aliphatic heterocycles. The highest BCUT2D eigenvalue weighted by molar-refractivity contribution is 5.76. The number of hydrogen-bond donors (Lipinski definition) is 1. The quantitative estimate of drug-likeness (QED) is 0.740. The molecule has 0 bridgehead atoms. The zero-order valence-corrected chi connectivity index (χ0v) is 9.35. The summed E-state index contributed by atoms with van der Waals surface area (Å²) in [5, 5.41) is 3.15. The highest BCUT2D eigenvalue weighted by Crippen LogP contribution is 2.17. The zero-order chi connectivity index (χ0) is 10.2. The standard InChI is InChI=1S/C12H23NO/c1-2-8-12(14)13-11-9-6-4-3-5-7-10-11/h11H,2-10H2,1H3,(H,13,14). The number of amides is 1. The Kier molecular flexibility index (Phi) is 5.65. The van der Waals surface area contributed by atoms with Crippen molar-refractivity contribution < 1.29 is 4.79 Å². The average molecular weight is 197 g/mol. The van der Waals surface area contributed by atoms with Gasteiger partial charge in [-0.05, 0) is 19.3 Å². The third-order valence-electron chi connectivity index (χ3n) is 2.95. The third-order valence-corrected chi connectivity index (χ3v) is 2.95. The number of carbonyl (C=O) groups is 1. The lowest BCUT2D eigenvalue weighted by atomic mass is 9.96. The van der Waals surface area contributed by atoms with Crippen molar-refractivity contribution in [3.8, 4) is 0 Å². The van der Waals surface area contributed by atoms with E-state index in [1.807, 2.05) is 0 Å². The molecule has 0 aromatic carbocycles. The molecule has 0 spiro atoms. The molecule has 1 rings (SSSR count). The molecule has 1 saturated carbocycles. The van der Waals surface area contributed by atoms with Gasteiger partial charge in [0.05, 0.1) is 0 Å². The van der Waals surface area contributed by atoms with Crippen LogP contribution in [0.3, 0.4) is 0 Å². The van der Waals surface area contributed by atoms with Gasteiger partial charge in [-0.15, -0.1) is 0 Å². The van der Waals surface area contributed by atoms with Gasteiger partial charge >= 0.3 is 0 Å². The summed E-state index contributed by atoms with van der Waals surface area (Å²) in [6.45, 7) is 2.05. The fourth-order valence-corrected chi connectivity index (χ4v) is 2.13. The van der Waals surface area contributed by atoms with Crippen LogP contribution < -0.4 is 5.32 Å². The normalized spacial score (nSPS) is 19.8. The van der Waals surface area contributed by atoms with Gasteiger partial charge in [0, 0.05) is 12.5 Å². The van der Waals surface area contributed by atoms with Gasteiger partial charge in [-0.3, -0.25) is 4.79 Å². The van der Waals surface area contributed by atoms with Crippen molar-refractivity contribution in [2.24, 2.45) is 0 Å². The minimum atomic E-state index is 0.248. The van der Waals surface area contributed by atoms with Crippen LogP contribution in [0.15, 0.2) is 0 Å². The Balaban J connectivity index is 2.22. The number of hydrogen-bond acceptors (Lipinski definition) is 1. The molecular weight excluding hydrogens is 174 g/mol. The molecule has 1 aliphatic carbocycles. The van der Waals surface area contributed by atoms with E-state index in [0.29, 0.717) is 12.5 Å². The fraction of sp³-hybridized carbons (Fsp3) is 0.917. The number of carbonyl (C=O) groups excluding carboxylic acids is 1. The van der Waals surface area contributed by atoms with Crippen LogP contribution in [0.5, 0.6) is 0 Å². The van der Waals surface area contributed by atoms with E-state index in [2.05, 4.69) is 12.2 Å². The van der Waals surface area contributed by atoms with E-state index in [0.717, 1.165) is 6.42 Å². The predicted octanol–water partition coefficient (Wildman–Crippen LogP) is 3.02. The van der Waals surface area contributed by atoms with Gasteiger partial charge in [-0.2, -0.15) is 0 Å². The van der Waals surface area contributed by atoms with Crippen LogP contribution in [-0.2, 0) is 4.79 Å². The summed E-state index contributed by atoms with van der Waals surface area (Å²) in [5.41, 5.74) is 0. The van der Waals surface area contributed by atoms with Crippen LogP contribution in [0.2, 0.25) is 0 Å². The van der Waals surface area contributed by atoms with E-state index in [1.54, 1.807) is 0 Å². The van der Waals surface area contributed by atoms with Crippen LogP contribution in [0.1, 0.15) is 64.7 Å². The highest BCUT2D eigenvalue weighted by atomic mass is 16.1. The third kappa shape index (κ3) is 4.64. The summed E-state index contributed by atoms with van der Waals surface area (Å²) in [6.07, 6.45) is 10.7. The minimum Gasteiger partial charge on any atom is -0.353 e. The van der Waals surface area contributed by atoms with Crippen molar-refractivity contribution in [1.82, 2.24) is 5.32 Å². The summed E-state index contributed by atoms with van der Waals surface area (Å²) in [5.74, 6) is 0.248. The lowest BCUT2D eigenvalue weighted by Gasteiger charge is -2.20. The van der Waals surface area contributed by atoms with Crippen molar-refractivity contribution in [3.05, 3.63) is 0 Å². The maximum absolute atomic E-state index is 11.4. The molecule has 0 atom stereocenters. The first kappa shape index (κ1) is 11.5. The molecule has 0 saturated heterocycles. The Labute approximate surface area is 87.5 Å². The second-order valence-corrected chi connectivity index (χ2v) is 4.36. The van der Waals surface area contributed by atoms with Crippen LogP contribution in [0.25, 0.3) is 0 Å². The Hall–Kier alpha value is -0.530. The molecule has 2 heteroatoms. The maximum Gasteiger partial charge on any atom is 0.220 e. The first-order valence-electron chi connectivity index (χ1n) is 6.12. The molecule has 0 unspecified atom stereocenters. The second kappa shape index (κ2) is 6.86. The van der Waals surface area contributed by atoms with Gasteiger partial charge in [-0.25, -0.2) is 0 Å². The van der Waals surface area contributed by atoms with Crippen LogP contribution in [-0.4, -0.2) is 11.9 Å². The van der Waals surface area contributed by atoms with Crippen molar-refractivity contribution in [2.45, 2.75) is 70.8 Å². The molecule has 1 N–H and O–H groups in total. The molecule has 2 nitrogen and oxygen atoms in total. The van der Waals surface area contributed by atoms with E-state index < -0.39 is 0 Å². The molecule has 0 radical (unpaired) electrons. The predicted molar refractivity (Wildman–Crippen MR) is 59.2 cm³/mol. The topological polar surface area (TPSA) is 29.1 Å². The van der Waals surface area contributed by atoms with E-state index in [-0.39, 0.29) is 5.91 Å². The second-order valence-electron chi connectivity index (χ2n) is 4.36. The van der Waals surface area contributed by atoms with Gasteiger partial charge in [0.15, 0.2) is 0 Å². The van der Waals surface area contributed by atoms with Crippen LogP contribution >= 0.6 is 0 Å². The van der Waals surface area contributed by atoms with Crippen molar-refractivity contribution in [3.63, 3.8) is 0 Å². The molecule has 1 aliphatic rings. The van der Waals surface area contributed by atoms with E-state index in [1.165, 1.54) is 44.9 Å². The SMILES string of the molecule is CCCC(=O)NC1CCCCCCC1. The molecule has 82 valence electrons. The summed E-state index contributed by atoms with van der Waals surface area (Å²) in [4.78, 5) is 11.4. The van der Waals surface area contributed by atoms with E-state index in [9.17, 15) is 4.79 Å². The molecule has 1 fully saturated rings. The summed E-state index contributed by atoms with van der Waals surface area (Å²) in [6, 6.07) is 0.467. The lowest BCUT2D eigenvalue weighted by Crippen LogP contribution is -2.34. The van der Waals surface area contributed by atoms with Crippen LogP contribution in [0, 0.1) is 0 Å². The van der Waals surface area contributed by atoms with E-state index in [4.69, 9.17) is 0 Å². The Morgan fingerprint density at radius 3 is 2.29 bits per heavy atom. The first-order valence-corrected chi connectivity index (χ1v) is 6.12. The summed E-state index contributed by atoms with van der Waals surface area (Å²) < 4.78 is 0. The van der Waals surface area contributed by atoms with Gasteiger partial charge in [0.1, 0.15) is 0 Å². The van der Waals surface area contributed by atoms with Crippen LogP contribution in [0.4, 0.5) is 0 Å². The van der Waals surface area contributed by atoms with E-state index >= 15 is 0 Å². The molecule has 1 amide bonds. The van der Waals surface area contributed by atoms with Gasteiger partial charge in [0.25, 0.3) is 0 Å². The van der Waals surface area contributed by atoms with Crippen molar-refractivity contribution in [1.29, 1.82) is 0 Å². The van der Waals surface area contributed by atoms with Gasteiger partial charge in [-0.1, -0.05) is 39.0 Å². The zero-order valence-electron chi connectivity index (χ0n) is 9.35. The van der Waals surface area contributed by atoms with Gasteiger partial charge < -0.3 is 5.32 Å². The molecule has 0 heterocycles. The molecular formula is C12H23NO. The molecule has 0 aromatic rings. The first-order chi connectivity index (χ1) is 6.83. The van der Waals surface area contributed by atoms with Crippen molar-refractivity contribution in [2.75, 3.05) is 0 Å². The van der Waals surface area contributed by atoms with Gasteiger partial charge in [0.2, 0.25) is 5.91 Å². The monoisotopic (exact) mass is 197 g/mol. The minimum absolute atomic E-state index is 0.248. The summed E-state index contributed by atoms with van der Waals surface area (Å²) >= 11 is 0. The molecule has 14 heavy (non-hydrogen) atoms. The Morgan fingerprint density at radius 2 is 1.71 bits per heavy atom. The fourth-order valence-electron chi connectivity index (χ4n) is 2.13. The average Bonchev–Trinajstić information content (AvgIpc) is 2.10. The number of rotatable bonds is 3. The Morgan fingerprint density at radius 1 is 1.14 bits per heavy atom. The highest BCUT2D eigenvalue weighted by Gasteiger charge is 2.12. The largest absolute Gasteiger partial charge is 0.353 e. The summed E-state index contributed by atoms with van der Waals surface area (Å²) in [7, 11) is 0. The Bertz CT molecular complexity index is 160. The maximum atomic E-state index is 11.4. The number of nitrogens with one attached hydrogen (secondary N) is 1. The van der Waals surface area contributed by atoms with Crippen molar-refractivity contribution >= 4 is 5.91 Å². The molecule has 0 aromatic heterocycles.